The van der Waals surface area contributed by atoms with Gasteiger partial charge in [-0.2, -0.15) is 0 Å². The molecule has 1 aromatic heterocycles. The average molecular weight is 329 g/mol. The number of carbonyl (C=O) groups excluding carboxylic acids is 1. The van der Waals surface area contributed by atoms with Crippen molar-refractivity contribution in [2.75, 3.05) is 32.2 Å². The molecule has 6 nitrogen and oxygen atoms in total. The smallest absolute Gasteiger partial charge is 0.322 e. The fourth-order valence-corrected chi connectivity index (χ4v) is 2.17. The van der Waals surface area contributed by atoms with E-state index in [0.29, 0.717) is 26.3 Å². The fraction of sp³-hybridized carbons (Fsp3) is 0.333. The normalized spacial score (nSPS) is 10.2. The third kappa shape index (κ3) is 5.55. The number of hydrogen-bond acceptors (Lipinski definition) is 4. The molecule has 0 saturated heterocycles. The number of urea groups is 1. The van der Waals surface area contributed by atoms with Gasteiger partial charge in [-0.05, 0) is 48.9 Å². The van der Waals surface area contributed by atoms with Crippen LogP contribution in [0.3, 0.4) is 0 Å². The minimum Gasteiger partial charge on any atom is -0.494 e. The molecule has 0 aliphatic carbocycles. The molecule has 0 fully saturated rings. The first kappa shape index (κ1) is 17.7. The predicted octanol–water partition coefficient (Wildman–Crippen LogP) is 3.16. The van der Waals surface area contributed by atoms with Gasteiger partial charge >= 0.3 is 6.03 Å². The first-order valence-electron chi connectivity index (χ1n) is 7.89. The number of carbonyl (C=O) groups is 1. The maximum absolute atomic E-state index is 12.5. The van der Waals surface area contributed by atoms with Gasteiger partial charge in [-0.25, -0.2) is 4.79 Å². The van der Waals surface area contributed by atoms with E-state index in [1.807, 2.05) is 43.3 Å². The van der Waals surface area contributed by atoms with Crippen molar-refractivity contribution in [3.05, 3.63) is 54.4 Å². The Hall–Kier alpha value is -2.60. The van der Waals surface area contributed by atoms with E-state index in [4.69, 9.17) is 9.47 Å². The lowest BCUT2D eigenvalue weighted by Gasteiger charge is -2.23. The highest BCUT2D eigenvalue weighted by Crippen LogP contribution is 2.16. The number of anilines is 1. The van der Waals surface area contributed by atoms with E-state index in [-0.39, 0.29) is 6.03 Å². The molecule has 1 aromatic carbocycles. The lowest BCUT2D eigenvalue weighted by Crippen LogP contribution is -2.36. The number of rotatable bonds is 8. The van der Waals surface area contributed by atoms with Crippen LogP contribution in [0.15, 0.2) is 48.8 Å². The zero-order valence-corrected chi connectivity index (χ0v) is 14.1. The molecule has 1 N–H and O–H groups in total. The van der Waals surface area contributed by atoms with Crippen LogP contribution in [-0.4, -0.2) is 42.8 Å². The standard InChI is InChI=1S/C18H23N3O3/c1-3-24-17-6-4-16(5-7-17)20-18(22)21(12-13-23-2)14-15-8-10-19-11-9-15/h4-11H,3,12-14H2,1-2H3,(H,20,22). The number of nitrogens with zero attached hydrogens (tertiary/aromatic N) is 2. The number of hydrogen-bond donors (Lipinski definition) is 1. The monoisotopic (exact) mass is 329 g/mol. The van der Waals surface area contributed by atoms with Crippen molar-refractivity contribution in [3.8, 4) is 5.75 Å². The van der Waals surface area contributed by atoms with Crippen LogP contribution in [0.5, 0.6) is 5.75 Å². The summed E-state index contributed by atoms with van der Waals surface area (Å²) >= 11 is 0. The molecule has 0 aliphatic heterocycles. The molecule has 0 radical (unpaired) electrons. The summed E-state index contributed by atoms with van der Waals surface area (Å²) in [4.78, 5) is 18.2. The Morgan fingerprint density at radius 1 is 1.17 bits per heavy atom. The Labute approximate surface area is 142 Å². The molecule has 0 unspecified atom stereocenters. The van der Waals surface area contributed by atoms with Crippen molar-refractivity contribution in [2.24, 2.45) is 0 Å². The number of amides is 2. The van der Waals surface area contributed by atoms with Crippen molar-refractivity contribution < 1.29 is 14.3 Å². The second-order valence-corrected chi connectivity index (χ2v) is 5.16. The highest BCUT2D eigenvalue weighted by Gasteiger charge is 2.14. The molecule has 2 amide bonds. The first-order valence-corrected chi connectivity index (χ1v) is 7.89. The second-order valence-electron chi connectivity index (χ2n) is 5.16. The summed E-state index contributed by atoms with van der Waals surface area (Å²) in [5, 5.41) is 2.90. The summed E-state index contributed by atoms with van der Waals surface area (Å²) in [6.07, 6.45) is 3.43. The Morgan fingerprint density at radius 3 is 2.50 bits per heavy atom. The third-order valence-corrected chi connectivity index (χ3v) is 3.39. The average Bonchev–Trinajstić information content (AvgIpc) is 2.61. The van der Waals surface area contributed by atoms with E-state index in [2.05, 4.69) is 10.3 Å². The van der Waals surface area contributed by atoms with E-state index >= 15 is 0 Å². The number of methoxy groups -OCH3 is 1. The molecule has 24 heavy (non-hydrogen) atoms. The Morgan fingerprint density at radius 2 is 1.88 bits per heavy atom. The zero-order chi connectivity index (χ0) is 17.2. The van der Waals surface area contributed by atoms with Crippen LogP contribution < -0.4 is 10.1 Å². The maximum atomic E-state index is 12.5. The molecular weight excluding hydrogens is 306 g/mol. The molecule has 0 spiro atoms. The van der Waals surface area contributed by atoms with Crippen LogP contribution in [0, 0.1) is 0 Å². The topological polar surface area (TPSA) is 63.7 Å². The Balaban J connectivity index is 2.00. The number of aromatic nitrogens is 1. The molecule has 1 heterocycles. The largest absolute Gasteiger partial charge is 0.494 e. The van der Waals surface area contributed by atoms with E-state index < -0.39 is 0 Å². The highest BCUT2D eigenvalue weighted by atomic mass is 16.5. The summed E-state index contributed by atoms with van der Waals surface area (Å²) < 4.78 is 10.5. The zero-order valence-electron chi connectivity index (χ0n) is 14.1. The van der Waals surface area contributed by atoms with Gasteiger partial charge in [0.15, 0.2) is 0 Å². The van der Waals surface area contributed by atoms with Crippen LogP contribution in [0.1, 0.15) is 12.5 Å². The highest BCUT2D eigenvalue weighted by molar-refractivity contribution is 5.89. The van der Waals surface area contributed by atoms with E-state index in [0.717, 1.165) is 17.0 Å². The van der Waals surface area contributed by atoms with Gasteiger partial charge in [0, 0.05) is 38.3 Å². The third-order valence-electron chi connectivity index (χ3n) is 3.39. The molecule has 128 valence electrons. The van der Waals surface area contributed by atoms with Gasteiger partial charge in [0.25, 0.3) is 0 Å². The van der Waals surface area contributed by atoms with Crippen molar-refractivity contribution in [3.63, 3.8) is 0 Å². The summed E-state index contributed by atoms with van der Waals surface area (Å²) in [5.41, 5.74) is 1.74. The first-order chi connectivity index (χ1) is 11.7. The lowest BCUT2D eigenvalue weighted by atomic mass is 10.2. The summed E-state index contributed by atoms with van der Waals surface area (Å²) in [6.45, 7) is 4.02. The van der Waals surface area contributed by atoms with Gasteiger partial charge in [-0.15, -0.1) is 0 Å². The van der Waals surface area contributed by atoms with Gasteiger partial charge in [0.1, 0.15) is 5.75 Å². The van der Waals surface area contributed by atoms with Gasteiger partial charge in [-0.1, -0.05) is 0 Å². The second kappa shape index (κ2) is 9.52. The summed E-state index contributed by atoms with van der Waals surface area (Å²) in [6, 6.07) is 10.9. The quantitative estimate of drug-likeness (QED) is 0.808. The number of nitrogens with one attached hydrogen (secondary N) is 1. The molecule has 6 heteroatoms. The van der Waals surface area contributed by atoms with Crippen molar-refractivity contribution in [1.82, 2.24) is 9.88 Å². The predicted molar refractivity (Wildman–Crippen MR) is 93.2 cm³/mol. The van der Waals surface area contributed by atoms with E-state index in [1.54, 1.807) is 24.4 Å². The Bertz CT molecular complexity index is 617. The fourth-order valence-electron chi connectivity index (χ4n) is 2.17. The van der Waals surface area contributed by atoms with Crippen molar-refractivity contribution >= 4 is 11.7 Å². The van der Waals surface area contributed by atoms with Crippen LogP contribution >= 0.6 is 0 Å². The van der Waals surface area contributed by atoms with E-state index in [9.17, 15) is 4.79 Å². The summed E-state index contributed by atoms with van der Waals surface area (Å²) in [7, 11) is 1.62. The molecule has 2 rings (SSSR count). The minimum atomic E-state index is -0.173. The number of ether oxygens (including phenoxy) is 2. The van der Waals surface area contributed by atoms with Gasteiger partial charge < -0.3 is 19.7 Å². The molecular formula is C18H23N3O3. The van der Waals surface area contributed by atoms with Crippen LogP contribution in [0.2, 0.25) is 0 Å². The molecule has 0 saturated carbocycles. The van der Waals surface area contributed by atoms with Crippen molar-refractivity contribution in [1.29, 1.82) is 0 Å². The van der Waals surface area contributed by atoms with Gasteiger partial charge in [-0.3, -0.25) is 4.98 Å². The number of benzene rings is 1. The number of pyridine rings is 1. The van der Waals surface area contributed by atoms with Crippen molar-refractivity contribution in [2.45, 2.75) is 13.5 Å². The van der Waals surface area contributed by atoms with Crippen LogP contribution in [-0.2, 0) is 11.3 Å². The van der Waals surface area contributed by atoms with Gasteiger partial charge in [0.2, 0.25) is 0 Å². The molecule has 0 atom stereocenters. The Kier molecular flexibility index (Phi) is 7.04. The molecule has 0 bridgehead atoms. The lowest BCUT2D eigenvalue weighted by molar-refractivity contribution is 0.153. The van der Waals surface area contributed by atoms with Gasteiger partial charge in [0.05, 0.1) is 13.2 Å². The minimum absolute atomic E-state index is 0.173. The van der Waals surface area contributed by atoms with E-state index in [1.165, 1.54) is 0 Å². The SMILES string of the molecule is CCOc1ccc(NC(=O)N(CCOC)Cc2ccncc2)cc1. The van der Waals surface area contributed by atoms with Crippen LogP contribution in [0.4, 0.5) is 10.5 Å². The summed E-state index contributed by atoms with van der Waals surface area (Å²) in [5.74, 6) is 0.781. The maximum Gasteiger partial charge on any atom is 0.322 e. The van der Waals surface area contributed by atoms with Crippen LogP contribution in [0.25, 0.3) is 0 Å². The molecule has 2 aromatic rings. The molecule has 0 aliphatic rings.